The minimum Gasteiger partial charge on any atom is -0.506 e. The Balaban J connectivity index is 1.33. The van der Waals surface area contributed by atoms with Crippen molar-refractivity contribution in [1.29, 1.82) is 0 Å². The summed E-state index contributed by atoms with van der Waals surface area (Å²) in [6.45, 7) is 0.0183. The fraction of sp³-hybridized carbons (Fsp3) is 0.286. The van der Waals surface area contributed by atoms with Crippen LogP contribution in [-0.2, 0) is 45.1 Å². The maximum atomic E-state index is 12.1. The number of aromatic hydroxyl groups is 2. The Hall–Kier alpha value is -1.88. The second kappa shape index (κ2) is 15.1. The number of phenolic OH excluding ortho intramolecular Hbond substituents is 2. The van der Waals surface area contributed by atoms with Gasteiger partial charge in [-0.1, -0.05) is 56.1 Å². The molecule has 0 aliphatic rings. The number of carbonyl (C=O) groups is 2. The molecule has 0 bridgehead atoms. The highest BCUT2D eigenvalue weighted by Crippen LogP contribution is 2.33. The fourth-order valence-electron chi connectivity index (χ4n) is 3.67. The van der Waals surface area contributed by atoms with E-state index in [1.54, 1.807) is 24.3 Å². The largest absolute Gasteiger partial charge is 0.506 e. The van der Waals surface area contributed by atoms with Gasteiger partial charge >= 0.3 is 11.9 Å². The predicted molar refractivity (Wildman–Crippen MR) is 159 cm³/mol. The van der Waals surface area contributed by atoms with Crippen LogP contribution in [0.2, 0.25) is 0 Å². The molecule has 0 atom stereocenters. The van der Waals surface area contributed by atoms with E-state index < -0.39 is 0 Å². The average molecular weight is 778 g/mol. The van der Waals surface area contributed by atoms with Crippen LogP contribution in [0.1, 0.15) is 47.9 Å². The molecule has 6 nitrogen and oxygen atoms in total. The van der Waals surface area contributed by atoms with Gasteiger partial charge in [0.2, 0.25) is 0 Å². The molecule has 38 heavy (non-hydrogen) atoms. The van der Waals surface area contributed by atoms with Crippen LogP contribution in [0.25, 0.3) is 0 Å². The highest BCUT2D eigenvalue weighted by molar-refractivity contribution is 9.11. The summed E-state index contributed by atoms with van der Waals surface area (Å²) in [6.07, 6.45) is 3.37. The number of phenols is 2. The lowest BCUT2D eigenvalue weighted by atomic mass is 10.0. The van der Waals surface area contributed by atoms with Gasteiger partial charge in [0, 0.05) is 32.9 Å². The molecule has 0 unspecified atom stereocenters. The second-order valence-electron chi connectivity index (χ2n) is 8.64. The lowest BCUT2D eigenvalue weighted by Gasteiger charge is -2.09. The van der Waals surface area contributed by atoms with Gasteiger partial charge in [-0.05, 0) is 92.9 Å². The summed E-state index contributed by atoms with van der Waals surface area (Å²) >= 11 is 13.2. The highest BCUT2D eigenvalue weighted by Gasteiger charge is 2.12. The molecule has 3 aromatic rings. The molecule has 0 radical (unpaired) electrons. The number of aryl methyl sites for hydroxylation is 2. The van der Waals surface area contributed by atoms with Crippen LogP contribution < -0.4 is 0 Å². The van der Waals surface area contributed by atoms with Crippen molar-refractivity contribution in [2.24, 2.45) is 0 Å². The molecule has 0 spiro atoms. The monoisotopic (exact) mass is 774 g/mol. The zero-order valence-electron chi connectivity index (χ0n) is 20.3. The Bertz CT molecular complexity index is 1180. The first-order valence-electron chi connectivity index (χ1n) is 11.8. The zero-order valence-corrected chi connectivity index (χ0v) is 26.7. The van der Waals surface area contributed by atoms with E-state index in [2.05, 4.69) is 63.7 Å². The van der Waals surface area contributed by atoms with E-state index in [9.17, 15) is 19.8 Å². The second-order valence-corrected chi connectivity index (χ2v) is 12.2. The molecule has 0 aliphatic carbocycles. The molecule has 0 amide bonds. The molecule has 3 rings (SSSR count). The summed E-state index contributed by atoms with van der Waals surface area (Å²) < 4.78 is 13.2. The normalized spacial score (nSPS) is 10.8. The molecule has 3 aromatic carbocycles. The van der Waals surface area contributed by atoms with Crippen LogP contribution in [0.5, 0.6) is 11.5 Å². The van der Waals surface area contributed by atoms with Crippen molar-refractivity contribution >= 4 is 75.7 Å². The van der Waals surface area contributed by atoms with E-state index in [4.69, 9.17) is 9.47 Å². The minimum atomic E-state index is -0.313. The molecular weight excluding hydrogens is 752 g/mol. The molecule has 0 aromatic heterocycles. The first-order valence-corrected chi connectivity index (χ1v) is 15.0. The summed E-state index contributed by atoms with van der Waals surface area (Å²) in [5.74, 6) is -0.502. The van der Waals surface area contributed by atoms with Crippen molar-refractivity contribution in [3.8, 4) is 11.5 Å². The number of rotatable bonds is 12. The Morgan fingerprint density at radius 1 is 0.632 bits per heavy atom. The predicted octanol–water partition coefficient (Wildman–Crippen LogP) is 8.28. The summed E-state index contributed by atoms with van der Waals surface area (Å²) in [4.78, 5) is 24.2. The number of esters is 2. The third kappa shape index (κ3) is 9.70. The third-order valence-corrected chi connectivity index (χ3v) is 7.83. The molecule has 10 heteroatoms. The maximum Gasteiger partial charge on any atom is 0.306 e. The Morgan fingerprint density at radius 3 is 1.37 bits per heavy atom. The Kier molecular flexibility index (Phi) is 12.1. The van der Waals surface area contributed by atoms with Crippen molar-refractivity contribution in [2.45, 2.75) is 51.7 Å². The third-order valence-electron chi connectivity index (χ3n) is 5.71. The van der Waals surface area contributed by atoms with E-state index in [1.807, 2.05) is 24.3 Å². The summed E-state index contributed by atoms with van der Waals surface area (Å²) in [5, 5.41) is 20.1. The molecule has 0 heterocycles. The van der Waals surface area contributed by atoms with Crippen LogP contribution in [0, 0.1) is 0 Å². The van der Waals surface area contributed by atoms with Crippen LogP contribution in [0.4, 0.5) is 0 Å². The zero-order chi connectivity index (χ0) is 27.7. The number of carbonyl (C=O) groups excluding carboxylic acids is 2. The van der Waals surface area contributed by atoms with Crippen molar-refractivity contribution < 1.29 is 29.3 Å². The lowest BCUT2D eigenvalue weighted by molar-refractivity contribution is -0.146. The van der Waals surface area contributed by atoms with Gasteiger partial charge in [-0.2, -0.15) is 0 Å². The van der Waals surface area contributed by atoms with Crippen molar-refractivity contribution in [3.63, 3.8) is 0 Å². The molecule has 0 fully saturated rings. The van der Waals surface area contributed by atoms with Crippen molar-refractivity contribution in [1.82, 2.24) is 0 Å². The number of benzene rings is 3. The van der Waals surface area contributed by atoms with Crippen LogP contribution in [0.15, 0.2) is 66.4 Å². The topological polar surface area (TPSA) is 93.1 Å². The van der Waals surface area contributed by atoms with E-state index in [0.29, 0.717) is 32.9 Å². The van der Waals surface area contributed by atoms with Crippen LogP contribution in [0.3, 0.4) is 0 Å². The molecule has 0 saturated heterocycles. The highest BCUT2D eigenvalue weighted by atomic mass is 79.9. The lowest BCUT2D eigenvalue weighted by Crippen LogP contribution is -2.05. The van der Waals surface area contributed by atoms with E-state index >= 15 is 0 Å². The Morgan fingerprint density at radius 2 is 1.00 bits per heavy atom. The molecule has 2 N–H and O–H groups in total. The van der Waals surface area contributed by atoms with E-state index in [1.165, 1.54) is 0 Å². The SMILES string of the molecule is O=C(CCCc1ccc(CCCC(=O)OCc2cc(Br)cc(Br)c2O)cc1)OCc1cc(Br)cc(Br)c1O. The smallest absolute Gasteiger partial charge is 0.306 e. The van der Waals surface area contributed by atoms with Gasteiger partial charge in [0.05, 0.1) is 8.95 Å². The summed E-state index contributed by atoms with van der Waals surface area (Å²) in [6, 6.07) is 15.0. The molecule has 0 aliphatic heterocycles. The quantitative estimate of drug-likeness (QED) is 0.180. The van der Waals surface area contributed by atoms with Gasteiger partial charge in [0.15, 0.2) is 0 Å². The van der Waals surface area contributed by atoms with Gasteiger partial charge in [-0.25, -0.2) is 0 Å². The van der Waals surface area contributed by atoms with Crippen molar-refractivity contribution in [2.75, 3.05) is 0 Å². The summed E-state index contributed by atoms with van der Waals surface area (Å²) in [5.41, 5.74) is 3.30. The standard InChI is InChI=1S/C28H26Br4O6/c29-21-11-19(27(35)23(31)13-21)15-37-25(33)5-1-3-17-7-9-18(10-8-17)4-2-6-26(34)38-16-20-12-22(30)14-24(32)28(20)36/h7-14,35-36H,1-6,15-16H2. The van der Waals surface area contributed by atoms with Gasteiger partial charge in [0.25, 0.3) is 0 Å². The first-order chi connectivity index (χ1) is 18.1. The molecule has 0 saturated carbocycles. The van der Waals surface area contributed by atoms with Crippen molar-refractivity contribution in [3.05, 3.63) is 88.7 Å². The summed E-state index contributed by atoms with van der Waals surface area (Å²) in [7, 11) is 0. The van der Waals surface area contributed by atoms with Crippen LogP contribution >= 0.6 is 63.7 Å². The van der Waals surface area contributed by atoms with Crippen LogP contribution in [-0.4, -0.2) is 22.2 Å². The Labute approximate surface area is 255 Å². The number of halogens is 4. The minimum absolute atomic E-state index is 0.00916. The fourth-order valence-corrected chi connectivity index (χ4v) is 6.29. The number of hydrogen-bond acceptors (Lipinski definition) is 6. The average Bonchev–Trinajstić information content (AvgIpc) is 2.87. The van der Waals surface area contributed by atoms with Gasteiger partial charge in [-0.15, -0.1) is 0 Å². The number of hydrogen-bond donors (Lipinski definition) is 2. The van der Waals surface area contributed by atoms with Gasteiger partial charge in [-0.3, -0.25) is 9.59 Å². The van der Waals surface area contributed by atoms with Gasteiger partial charge < -0.3 is 19.7 Å². The van der Waals surface area contributed by atoms with E-state index in [-0.39, 0.29) is 49.5 Å². The first kappa shape index (κ1) is 30.7. The molecular formula is C28H26Br4O6. The van der Waals surface area contributed by atoms with E-state index in [0.717, 1.165) is 32.9 Å². The molecule has 202 valence electrons. The maximum absolute atomic E-state index is 12.1. The number of ether oxygens (including phenoxy) is 2. The van der Waals surface area contributed by atoms with Gasteiger partial charge in [0.1, 0.15) is 24.7 Å².